The van der Waals surface area contributed by atoms with E-state index in [9.17, 15) is 24.5 Å². The molecule has 0 amide bonds. The van der Waals surface area contributed by atoms with E-state index in [1.54, 1.807) is 37.3 Å². The van der Waals surface area contributed by atoms with Gasteiger partial charge in [-0.1, -0.05) is 42.5 Å². The number of carbonyl (C=O) groups is 3. The maximum atomic E-state index is 12.0. The molecule has 2 aromatic carbocycles. The summed E-state index contributed by atoms with van der Waals surface area (Å²) in [5.41, 5.74) is 1.59. The zero-order valence-electron chi connectivity index (χ0n) is 17.6. The molecular formula is C23H22N2O7. The van der Waals surface area contributed by atoms with E-state index in [2.05, 4.69) is 10.1 Å². The molecule has 9 nitrogen and oxygen atoms in total. The van der Waals surface area contributed by atoms with Crippen molar-refractivity contribution in [3.63, 3.8) is 0 Å². The number of nitro benzene ring substituents is 1. The minimum atomic E-state index is -0.512. The Kier molecular flexibility index (Phi) is 8.85. The summed E-state index contributed by atoms with van der Waals surface area (Å²) < 4.78 is 9.37. The molecule has 166 valence electrons. The van der Waals surface area contributed by atoms with Crippen LogP contribution in [0.25, 0.3) is 0 Å². The first kappa shape index (κ1) is 24.0. The number of ketones is 1. The fraction of sp³-hybridized carbons (Fsp3) is 0.174. The van der Waals surface area contributed by atoms with E-state index in [-0.39, 0.29) is 17.9 Å². The molecule has 2 aromatic rings. The van der Waals surface area contributed by atoms with E-state index in [4.69, 9.17) is 4.74 Å². The van der Waals surface area contributed by atoms with Crippen LogP contribution >= 0.6 is 0 Å². The number of nitro groups is 1. The van der Waals surface area contributed by atoms with E-state index >= 15 is 0 Å². The van der Waals surface area contributed by atoms with Gasteiger partial charge >= 0.3 is 11.9 Å². The number of non-ortho nitro benzene ring substituents is 1. The Labute approximate surface area is 184 Å². The van der Waals surface area contributed by atoms with E-state index in [0.717, 1.165) is 0 Å². The van der Waals surface area contributed by atoms with Crippen molar-refractivity contribution in [2.24, 2.45) is 0 Å². The zero-order chi connectivity index (χ0) is 23.5. The van der Waals surface area contributed by atoms with Crippen LogP contribution in [-0.4, -0.2) is 36.4 Å². The molecule has 0 saturated carbocycles. The lowest BCUT2D eigenvalue weighted by atomic mass is 10.0. The number of methoxy groups -OCH3 is 1. The summed E-state index contributed by atoms with van der Waals surface area (Å²) >= 11 is 0. The lowest BCUT2D eigenvalue weighted by Crippen LogP contribution is -2.19. The molecule has 0 radical (unpaired) electrons. The number of nitrogens with zero attached hydrogens (tertiary/aromatic N) is 1. The number of carbonyl (C=O) groups excluding carboxylic acids is 3. The van der Waals surface area contributed by atoms with Gasteiger partial charge < -0.3 is 14.8 Å². The summed E-state index contributed by atoms with van der Waals surface area (Å²) in [5, 5.41) is 13.3. The third kappa shape index (κ3) is 6.63. The highest BCUT2D eigenvalue weighted by Gasteiger charge is 2.20. The van der Waals surface area contributed by atoms with E-state index in [1.807, 2.05) is 6.07 Å². The number of dihydropyridines is 1. The lowest BCUT2D eigenvalue weighted by Gasteiger charge is -2.13. The molecule has 0 fully saturated rings. The standard InChI is InChI=1S/C13H9NO3.C10H13NO4/c15-13(10-5-2-1-3-6-10)11-7-4-8-12(9-11)14(16)17;1-3-15-10(13)8-4-7(5-11-6-8)9(12)14-2/h1-9H;5-6,11H,3-4H2,1-2H3. The summed E-state index contributed by atoms with van der Waals surface area (Å²) in [6.07, 6.45) is 3.26. The Morgan fingerprint density at radius 2 is 1.59 bits per heavy atom. The number of nitrogens with one attached hydrogen (secondary N) is 1. The van der Waals surface area contributed by atoms with Crippen LogP contribution in [0.1, 0.15) is 29.3 Å². The van der Waals surface area contributed by atoms with Crippen LogP contribution in [0, 0.1) is 10.1 Å². The summed E-state index contributed by atoms with van der Waals surface area (Å²) in [7, 11) is 1.30. The molecule has 0 atom stereocenters. The fourth-order valence-electron chi connectivity index (χ4n) is 2.68. The molecule has 9 heteroatoms. The van der Waals surface area contributed by atoms with Gasteiger partial charge in [0.25, 0.3) is 5.69 Å². The number of esters is 2. The molecule has 0 bridgehead atoms. The largest absolute Gasteiger partial charge is 0.466 e. The number of benzene rings is 2. The first-order valence-electron chi connectivity index (χ1n) is 9.61. The van der Waals surface area contributed by atoms with Crippen LogP contribution in [0.4, 0.5) is 5.69 Å². The van der Waals surface area contributed by atoms with Gasteiger partial charge in [-0.05, 0) is 6.92 Å². The van der Waals surface area contributed by atoms with E-state index in [0.29, 0.717) is 28.9 Å². The summed E-state index contributed by atoms with van der Waals surface area (Å²) in [5.74, 6) is -1.08. The van der Waals surface area contributed by atoms with E-state index in [1.165, 1.54) is 37.7 Å². The van der Waals surface area contributed by atoms with Crippen molar-refractivity contribution in [3.8, 4) is 0 Å². The predicted molar refractivity (Wildman–Crippen MR) is 116 cm³/mol. The minimum absolute atomic E-state index is 0.0771. The highest BCUT2D eigenvalue weighted by Crippen LogP contribution is 2.17. The van der Waals surface area contributed by atoms with Crippen LogP contribution in [-0.2, 0) is 19.1 Å². The van der Waals surface area contributed by atoms with Crippen LogP contribution < -0.4 is 5.32 Å². The highest BCUT2D eigenvalue weighted by atomic mass is 16.6. The van der Waals surface area contributed by atoms with Crippen LogP contribution in [0.15, 0.2) is 78.1 Å². The molecule has 0 aromatic heterocycles. The summed E-state index contributed by atoms with van der Waals surface area (Å²) in [4.78, 5) is 44.6. The third-order valence-electron chi connectivity index (χ3n) is 4.24. The normalized spacial score (nSPS) is 12.1. The number of ether oxygens (including phenoxy) is 2. The van der Waals surface area contributed by atoms with E-state index < -0.39 is 16.9 Å². The summed E-state index contributed by atoms with van der Waals surface area (Å²) in [6.45, 7) is 2.04. The Hall–Kier alpha value is -4.27. The molecule has 0 aliphatic carbocycles. The zero-order valence-corrected chi connectivity index (χ0v) is 17.6. The van der Waals surface area contributed by atoms with Gasteiger partial charge in [-0.2, -0.15) is 0 Å². The van der Waals surface area contributed by atoms with Crippen molar-refractivity contribution in [1.29, 1.82) is 0 Å². The quantitative estimate of drug-likeness (QED) is 0.315. The van der Waals surface area contributed by atoms with Crippen molar-refractivity contribution in [1.82, 2.24) is 5.32 Å². The lowest BCUT2D eigenvalue weighted by molar-refractivity contribution is -0.384. The molecule has 1 heterocycles. The van der Waals surface area contributed by atoms with Crippen LogP contribution in [0.2, 0.25) is 0 Å². The Morgan fingerprint density at radius 3 is 2.19 bits per heavy atom. The van der Waals surface area contributed by atoms with Crippen molar-refractivity contribution in [2.45, 2.75) is 13.3 Å². The third-order valence-corrected chi connectivity index (χ3v) is 4.24. The van der Waals surface area contributed by atoms with Crippen molar-refractivity contribution in [3.05, 3.63) is 99.4 Å². The Balaban J connectivity index is 0.000000229. The molecule has 0 saturated heterocycles. The molecule has 3 rings (SSSR count). The Bertz CT molecular complexity index is 1060. The first-order valence-corrected chi connectivity index (χ1v) is 9.61. The fourth-order valence-corrected chi connectivity index (χ4v) is 2.68. The Morgan fingerprint density at radius 1 is 0.969 bits per heavy atom. The van der Waals surface area contributed by atoms with Crippen molar-refractivity contribution < 1.29 is 28.8 Å². The highest BCUT2D eigenvalue weighted by molar-refractivity contribution is 6.09. The van der Waals surface area contributed by atoms with Crippen molar-refractivity contribution >= 4 is 23.4 Å². The van der Waals surface area contributed by atoms with Gasteiger partial charge in [0, 0.05) is 42.1 Å². The molecular weight excluding hydrogens is 416 g/mol. The smallest absolute Gasteiger partial charge is 0.335 e. The van der Waals surface area contributed by atoms with Crippen LogP contribution in [0.5, 0.6) is 0 Å². The van der Waals surface area contributed by atoms with Crippen LogP contribution in [0.3, 0.4) is 0 Å². The molecule has 1 aliphatic heterocycles. The maximum absolute atomic E-state index is 12.0. The SMILES string of the molecule is CCOC(=O)C1=CNC=C(C(=O)OC)C1.O=C(c1ccccc1)c1cccc([N+](=O)[O-])c1. The number of rotatable bonds is 6. The first-order chi connectivity index (χ1) is 15.4. The summed E-state index contributed by atoms with van der Waals surface area (Å²) in [6, 6.07) is 14.4. The minimum Gasteiger partial charge on any atom is -0.466 e. The second kappa shape index (κ2) is 11.8. The van der Waals surface area contributed by atoms with Gasteiger partial charge in [-0.3, -0.25) is 14.9 Å². The number of hydrogen-bond acceptors (Lipinski definition) is 8. The van der Waals surface area contributed by atoms with Crippen molar-refractivity contribution in [2.75, 3.05) is 13.7 Å². The second-order valence-electron chi connectivity index (χ2n) is 6.40. The molecule has 32 heavy (non-hydrogen) atoms. The average Bonchev–Trinajstić information content (AvgIpc) is 2.84. The van der Waals surface area contributed by atoms with Gasteiger partial charge in [0.15, 0.2) is 5.78 Å². The van der Waals surface area contributed by atoms with Gasteiger partial charge in [0.05, 0.1) is 29.8 Å². The maximum Gasteiger partial charge on any atom is 0.335 e. The molecule has 1 N–H and O–H groups in total. The monoisotopic (exact) mass is 438 g/mol. The topological polar surface area (TPSA) is 125 Å². The molecule has 0 spiro atoms. The van der Waals surface area contributed by atoms with Gasteiger partial charge in [0.2, 0.25) is 0 Å². The predicted octanol–water partition coefficient (Wildman–Crippen LogP) is 3.31. The molecule has 1 aliphatic rings. The van der Waals surface area contributed by atoms with Gasteiger partial charge in [-0.25, -0.2) is 9.59 Å². The second-order valence-corrected chi connectivity index (χ2v) is 6.40. The molecule has 0 unspecified atom stereocenters. The number of hydrogen-bond donors (Lipinski definition) is 1. The average molecular weight is 438 g/mol. The van der Waals surface area contributed by atoms with Gasteiger partial charge in [0.1, 0.15) is 0 Å². The van der Waals surface area contributed by atoms with Gasteiger partial charge in [-0.15, -0.1) is 0 Å².